The Balaban J connectivity index is 1.67. The SMILES string of the molecule is COc1cccc(CN2CCC[C@H](c3[nH]ncc3C)C2)c1. The van der Waals surface area contributed by atoms with E-state index in [9.17, 15) is 0 Å². The molecule has 1 aliphatic heterocycles. The zero-order valence-corrected chi connectivity index (χ0v) is 12.8. The first-order chi connectivity index (χ1) is 10.3. The van der Waals surface area contributed by atoms with Crippen molar-refractivity contribution in [3.05, 3.63) is 47.3 Å². The third-order valence-electron chi connectivity index (χ3n) is 4.32. The van der Waals surface area contributed by atoms with Gasteiger partial charge in [-0.25, -0.2) is 0 Å². The number of methoxy groups -OCH3 is 1. The van der Waals surface area contributed by atoms with Crippen molar-refractivity contribution in [2.45, 2.75) is 32.2 Å². The van der Waals surface area contributed by atoms with E-state index in [0.717, 1.165) is 18.8 Å². The third kappa shape index (κ3) is 3.27. The lowest BCUT2D eigenvalue weighted by atomic mass is 9.92. The van der Waals surface area contributed by atoms with Crippen LogP contribution in [-0.2, 0) is 6.54 Å². The summed E-state index contributed by atoms with van der Waals surface area (Å²) in [6.45, 7) is 5.39. The minimum absolute atomic E-state index is 0.576. The molecule has 3 rings (SSSR count). The summed E-state index contributed by atoms with van der Waals surface area (Å²) in [7, 11) is 1.72. The fourth-order valence-electron chi connectivity index (χ4n) is 3.23. The maximum absolute atomic E-state index is 5.31. The number of likely N-dealkylation sites (tertiary alicyclic amines) is 1. The van der Waals surface area contributed by atoms with Crippen LogP contribution >= 0.6 is 0 Å². The Labute approximate surface area is 126 Å². The van der Waals surface area contributed by atoms with E-state index in [1.165, 1.54) is 36.2 Å². The lowest BCUT2D eigenvalue weighted by Gasteiger charge is -2.32. The molecule has 1 aromatic carbocycles. The van der Waals surface area contributed by atoms with Crippen LogP contribution in [0.15, 0.2) is 30.5 Å². The Morgan fingerprint density at radius 3 is 3.10 bits per heavy atom. The van der Waals surface area contributed by atoms with Gasteiger partial charge >= 0.3 is 0 Å². The van der Waals surface area contributed by atoms with E-state index >= 15 is 0 Å². The summed E-state index contributed by atoms with van der Waals surface area (Å²) in [4.78, 5) is 2.53. The van der Waals surface area contributed by atoms with Gasteiger partial charge in [0.15, 0.2) is 0 Å². The number of nitrogens with one attached hydrogen (secondary N) is 1. The predicted octanol–water partition coefficient (Wildman–Crippen LogP) is 3.11. The first-order valence-corrected chi connectivity index (χ1v) is 7.61. The number of ether oxygens (including phenoxy) is 1. The molecular weight excluding hydrogens is 262 g/mol. The van der Waals surface area contributed by atoms with Crippen LogP contribution in [0.5, 0.6) is 5.75 Å². The predicted molar refractivity (Wildman–Crippen MR) is 83.6 cm³/mol. The number of nitrogens with zero attached hydrogens (tertiary/aromatic N) is 2. The van der Waals surface area contributed by atoms with Crippen LogP contribution in [0.4, 0.5) is 0 Å². The van der Waals surface area contributed by atoms with Crippen LogP contribution in [0.2, 0.25) is 0 Å². The molecule has 0 radical (unpaired) electrons. The summed E-state index contributed by atoms with van der Waals surface area (Å²) < 4.78 is 5.31. The lowest BCUT2D eigenvalue weighted by molar-refractivity contribution is 0.198. The average Bonchev–Trinajstić information content (AvgIpc) is 2.94. The first kappa shape index (κ1) is 14.1. The first-order valence-electron chi connectivity index (χ1n) is 7.61. The van der Waals surface area contributed by atoms with Crippen molar-refractivity contribution in [1.29, 1.82) is 0 Å². The smallest absolute Gasteiger partial charge is 0.119 e. The molecule has 0 aliphatic carbocycles. The van der Waals surface area contributed by atoms with Crippen molar-refractivity contribution in [1.82, 2.24) is 15.1 Å². The highest BCUT2D eigenvalue weighted by Gasteiger charge is 2.23. The highest BCUT2D eigenvalue weighted by molar-refractivity contribution is 5.28. The number of hydrogen-bond acceptors (Lipinski definition) is 3. The maximum Gasteiger partial charge on any atom is 0.119 e. The molecule has 4 nitrogen and oxygen atoms in total. The van der Waals surface area contributed by atoms with Gasteiger partial charge in [-0.05, 0) is 49.6 Å². The Hall–Kier alpha value is -1.81. The van der Waals surface area contributed by atoms with Crippen LogP contribution in [0.3, 0.4) is 0 Å². The molecule has 2 aromatic rings. The second-order valence-corrected chi connectivity index (χ2v) is 5.89. The summed E-state index contributed by atoms with van der Waals surface area (Å²) in [6, 6.07) is 8.36. The van der Waals surface area contributed by atoms with Gasteiger partial charge in [-0.15, -0.1) is 0 Å². The Bertz CT molecular complexity index is 593. The lowest BCUT2D eigenvalue weighted by Crippen LogP contribution is -2.34. The van der Waals surface area contributed by atoms with Crippen molar-refractivity contribution >= 4 is 0 Å². The molecular formula is C17H23N3O. The molecule has 0 bridgehead atoms. The number of aryl methyl sites for hydroxylation is 1. The Kier molecular flexibility index (Phi) is 4.25. The van der Waals surface area contributed by atoms with Gasteiger partial charge in [0.1, 0.15) is 5.75 Å². The van der Waals surface area contributed by atoms with Crippen LogP contribution < -0.4 is 4.74 Å². The van der Waals surface area contributed by atoms with Gasteiger partial charge in [0.2, 0.25) is 0 Å². The van der Waals surface area contributed by atoms with Crippen LogP contribution in [0.25, 0.3) is 0 Å². The van der Waals surface area contributed by atoms with E-state index in [-0.39, 0.29) is 0 Å². The molecule has 1 N–H and O–H groups in total. The second kappa shape index (κ2) is 6.31. The van der Waals surface area contributed by atoms with Crippen LogP contribution in [0, 0.1) is 6.92 Å². The average molecular weight is 285 g/mol. The Morgan fingerprint density at radius 1 is 1.43 bits per heavy atom. The van der Waals surface area contributed by atoms with E-state index in [1.54, 1.807) is 7.11 Å². The zero-order chi connectivity index (χ0) is 14.7. The maximum atomic E-state index is 5.31. The number of rotatable bonds is 4. The van der Waals surface area contributed by atoms with Crippen molar-refractivity contribution < 1.29 is 4.74 Å². The zero-order valence-electron chi connectivity index (χ0n) is 12.8. The Morgan fingerprint density at radius 2 is 2.33 bits per heavy atom. The van der Waals surface area contributed by atoms with Crippen molar-refractivity contribution in [2.24, 2.45) is 0 Å². The van der Waals surface area contributed by atoms with Gasteiger partial charge in [-0.1, -0.05) is 12.1 Å². The largest absolute Gasteiger partial charge is 0.497 e. The highest BCUT2D eigenvalue weighted by atomic mass is 16.5. The number of benzene rings is 1. The van der Waals surface area contributed by atoms with Crippen molar-refractivity contribution in [2.75, 3.05) is 20.2 Å². The molecule has 21 heavy (non-hydrogen) atoms. The van der Waals surface area contributed by atoms with E-state index in [0.29, 0.717) is 5.92 Å². The van der Waals surface area contributed by atoms with E-state index in [4.69, 9.17) is 4.74 Å². The van der Waals surface area contributed by atoms with Crippen molar-refractivity contribution in [3.63, 3.8) is 0 Å². The van der Waals surface area contributed by atoms with Gasteiger partial charge < -0.3 is 4.74 Å². The van der Waals surface area contributed by atoms with Gasteiger partial charge in [-0.3, -0.25) is 10.00 Å². The van der Waals surface area contributed by atoms with Gasteiger partial charge in [0.25, 0.3) is 0 Å². The molecule has 1 saturated heterocycles. The highest BCUT2D eigenvalue weighted by Crippen LogP contribution is 2.28. The van der Waals surface area contributed by atoms with Crippen LogP contribution in [-0.4, -0.2) is 35.3 Å². The second-order valence-electron chi connectivity index (χ2n) is 5.89. The van der Waals surface area contributed by atoms with Gasteiger partial charge in [-0.2, -0.15) is 5.10 Å². The quantitative estimate of drug-likeness (QED) is 0.938. The van der Waals surface area contributed by atoms with E-state index in [2.05, 4.69) is 40.2 Å². The summed E-state index contributed by atoms with van der Waals surface area (Å²) in [5, 5.41) is 7.35. The summed E-state index contributed by atoms with van der Waals surface area (Å²) in [5.41, 5.74) is 3.91. The molecule has 0 amide bonds. The number of piperidine rings is 1. The van der Waals surface area contributed by atoms with Crippen molar-refractivity contribution in [3.8, 4) is 5.75 Å². The molecule has 0 unspecified atom stereocenters. The minimum atomic E-state index is 0.576. The minimum Gasteiger partial charge on any atom is -0.497 e. The van der Waals surface area contributed by atoms with E-state index in [1.807, 2.05) is 12.3 Å². The third-order valence-corrected chi connectivity index (χ3v) is 4.32. The molecule has 4 heteroatoms. The fraction of sp³-hybridized carbons (Fsp3) is 0.471. The standard InChI is InChI=1S/C17H23N3O/c1-13-10-18-19-17(13)15-6-4-8-20(12-15)11-14-5-3-7-16(9-14)21-2/h3,5,7,9-10,15H,4,6,8,11-12H2,1-2H3,(H,18,19)/t15-/m0/s1. The normalized spacial score (nSPS) is 19.6. The topological polar surface area (TPSA) is 41.1 Å². The molecule has 2 heterocycles. The van der Waals surface area contributed by atoms with Gasteiger partial charge in [0, 0.05) is 24.7 Å². The number of H-pyrrole nitrogens is 1. The molecule has 1 fully saturated rings. The summed E-state index contributed by atoms with van der Waals surface area (Å²) >= 11 is 0. The van der Waals surface area contributed by atoms with Gasteiger partial charge in [0.05, 0.1) is 13.3 Å². The number of hydrogen-bond donors (Lipinski definition) is 1. The van der Waals surface area contributed by atoms with E-state index < -0.39 is 0 Å². The molecule has 112 valence electrons. The summed E-state index contributed by atoms with van der Waals surface area (Å²) in [5.74, 6) is 1.51. The fourth-order valence-corrected chi connectivity index (χ4v) is 3.23. The monoisotopic (exact) mass is 285 g/mol. The molecule has 1 atom stereocenters. The molecule has 0 saturated carbocycles. The molecule has 0 spiro atoms. The summed E-state index contributed by atoms with van der Waals surface area (Å²) in [6.07, 6.45) is 4.42. The van der Waals surface area contributed by atoms with Crippen LogP contribution in [0.1, 0.15) is 35.6 Å². The number of aromatic amines is 1. The number of aromatic nitrogens is 2. The molecule has 1 aromatic heterocycles. The molecule has 1 aliphatic rings.